The van der Waals surface area contributed by atoms with Gasteiger partial charge in [-0.3, -0.25) is 4.99 Å². The van der Waals surface area contributed by atoms with Crippen LogP contribution in [0.1, 0.15) is 17.4 Å². The number of thiophene rings is 1. The number of nitrogens with one attached hydrogen (secondary N) is 3. The first-order valence-corrected chi connectivity index (χ1v) is 11.8. The van der Waals surface area contributed by atoms with E-state index in [9.17, 15) is 8.42 Å². The highest BCUT2D eigenvalue weighted by Crippen LogP contribution is 2.19. The quantitative estimate of drug-likeness (QED) is 0.169. The normalized spacial score (nSPS) is 12.8. The molecule has 30 heavy (non-hydrogen) atoms. The minimum atomic E-state index is -3.45. The van der Waals surface area contributed by atoms with E-state index in [1.807, 2.05) is 37.3 Å². The predicted molar refractivity (Wildman–Crippen MR) is 134 cm³/mol. The molecular formula is C20H31IN4O3S2. The summed E-state index contributed by atoms with van der Waals surface area (Å²) < 4.78 is 33.1. The van der Waals surface area contributed by atoms with Gasteiger partial charge in [0.1, 0.15) is 4.21 Å². The summed E-state index contributed by atoms with van der Waals surface area (Å²) in [6, 6.07) is 13.5. The van der Waals surface area contributed by atoms with Gasteiger partial charge in [0.15, 0.2) is 5.96 Å². The van der Waals surface area contributed by atoms with Gasteiger partial charge < -0.3 is 15.4 Å². The molecule has 1 heterocycles. The fraction of sp³-hybridized carbons (Fsp3) is 0.450. The van der Waals surface area contributed by atoms with Crippen LogP contribution in [0.2, 0.25) is 0 Å². The summed E-state index contributed by atoms with van der Waals surface area (Å²) in [6.45, 7) is 6.63. The average molecular weight is 567 g/mol. The Bertz CT molecular complexity index is 873. The van der Waals surface area contributed by atoms with E-state index in [-0.39, 0.29) is 30.5 Å². The maximum atomic E-state index is 12.2. The highest BCUT2D eigenvalue weighted by Gasteiger charge is 2.15. The highest BCUT2D eigenvalue weighted by atomic mass is 127. The fourth-order valence-corrected chi connectivity index (χ4v) is 4.86. The van der Waals surface area contributed by atoms with Crippen molar-refractivity contribution in [3.8, 4) is 0 Å². The van der Waals surface area contributed by atoms with Gasteiger partial charge in [0.05, 0.1) is 13.2 Å². The second-order valence-electron chi connectivity index (χ2n) is 6.75. The van der Waals surface area contributed by atoms with Crippen molar-refractivity contribution >= 4 is 51.3 Å². The van der Waals surface area contributed by atoms with Crippen LogP contribution in [-0.2, 0) is 21.4 Å². The molecule has 0 saturated heterocycles. The second-order valence-corrected chi connectivity index (χ2v) is 10.0. The maximum Gasteiger partial charge on any atom is 0.250 e. The van der Waals surface area contributed by atoms with Gasteiger partial charge in [-0.2, -0.15) is 0 Å². The van der Waals surface area contributed by atoms with E-state index >= 15 is 0 Å². The van der Waals surface area contributed by atoms with Crippen LogP contribution in [0.25, 0.3) is 0 Å². The van der Waals surface area contributed by atoms with Crippen LogP contribution in [-0.4, -0.2) is 47.7 Å². The molecule has 1 aromatic carbocycles. The van der Waals surface area contributed by atoms with Crippen LogP contribution in [0.5, 0.6) is 0 Å². The van der Waals surface area contributed by atoms with Crippen LogP contribution in [0.3, 0.4) is 0 Å². The molecule has 0 fully saturated rings. The number of halogens is 1. The lowest BCUT2D eigenvalue weighted by atomic mass is 10.2. The van der Waals surface area contributed by atoms with E-state index in [1.165, 1.54) is 11.3 Å². The Morgan fingerprint density at radius 3 is 2.50 bits per heavy atom. The SMILES string of the molecule is CN=C(NCCNS(=O)(=O)c1ccc(C)s1)NCC(C)COCc1ccccc1.I. The van der Waals surface area contributed by atoms with Gasteiger partial charge in [0.2, 0.25) is 10.0 Å². The molecule has 0 spiro atoms. The number of ether oxygens (including phenoxy) is 1. The number of sulfonamides is 1. The number of guanidine groups is 1. The molecule has 0 radical (unpaired) electrons. The molecule has 1 atom stereocenters. The summed E-state index contributed by atoms with van der Waals surface area (Å²) >= 11 is 1.26. The number of aryl methyl sites for hydroxylation is 1. The van der Waals surface area contributed by atoms with Crippen molar-refractivity contribution in [3.05, 3.63) is 52.9 Å². The number of aliphatic imine (C=N–C) groups is 1. The van der Waals surface area contributed by atoms with Gasteiger partial charge in [-0.05, 0) is 30.5 Å². The summed E-state index contributed by atoms with van der Waals surface area (Å²) in [4.78, 5) is 5.13. The van der Waals surface area contributed by atoms with Gasteiger partial charge in [-0.15, -0.1) is 35.3 Å². The average Bonchev–Trinajstić information content (AvgIpc) is 3.15. The molecule has 10 heteroatoms. The lowest BCUT2D eigenvalue weighted by molar-refractivity contribution is 0.0931. The Hall–Kier alpha value is -1.21. The molecule has 7 nitrogen and oxygen atoms in total. The smallest absolute Gasteiger partial charge is 0.250 e. The third-order valence-corrected chi connectivity index (χ3v) is 7.00. The van der Waals surface area contributed by atoms with Crippen LogP contribution in [0, 0.1) is 12.8 Å². The minimum Gasteiger partial charge on any atom is -0.376 e. The van der Waals surface area contributed by atoms with E-state index in [2.05, 4.69) is 27.3 Å². The van der Waals surface area contributed by atoms with E-state index in [0.29, 0.717) is 42.4 Å². The molecule has 2 rings (SSSR count). The van der Waals surface area contributed by atoms with E-state index in [1.54, 1.807) is 19.2 Å². The molecule has 3 N–H and O–H groups in total. The van der Waals surface area contributed by atoms with Gasteiger partial charge in [-0.1, -0.05) is 37.3 Å². The first-order valence-electron chi connectivity index (χ1n) is 9.53. The Morgan fingerprint density at radius 2 is 1.87 bits per heavy atom. The van der Waals surface area contributed by atoms with Gasteiger partial charge in [-0.25, -0.2) is 13.1 Å². The zero-order chi connectivity index (χ0) is 21.1. The van der Waals surface area contributed by atoms with Gasteiger partial charge in [0, 0.05) is 31.6 Å². The molecule has 2 aromatic rings. The second kappa shape index (κ2) is 14.0. The topological polar surface area (TPSA) is 91.8 Å². The fourth-order valence-electron chi connectivity index (χ4n) is 2.50. The van der Waals surface area contributed by atoms with Crippen LogP contribution >= 0.6 is 35.3 Å². The largest absolute Gasteiger partial charge is 0.376 e. The van der Waals surface area contributed by atoms with Crippen LogP contribution < -0.4 is 15.4 Å². The molecule has 0 amide bonds. The number of benzene rings is 1. The monoisotopic (exact) mass is 566 g/mol. The summed E-state index contributed by atoms with van der Waals surface area (Å²) in [5.74, 6) is 0.934. The van der Waals surface area contributed by atoms with Crippen molar-refractivity contribution in [2.45, 2.75) is 24.7 Å². The molecule has 0 aliphatic rings. The Labute approximate surface area is 200 Å². The summed E-state index contributed by atoms with van der Waals surface area (Å²) in [7, 11) is -1.77. The number of hydrogen-bond acceptors (Lipinski definition) is 5. The van der Waals surface area contributed by atoms with E-state index < -0.39 is 10.0 Å². The molecule has 1 aromatic heterocycles. The van der Waals surface area contributed by atoms with Crippen molar-refractivity contribution in [1.29, 1.82) is 0 Å². The van der Waals surface area contributed by atoms with E-state index in [0.717, 1.165) is 10.4 Å². The van der Waals surface area contributed by atoms with E-state index in [4.69, 9.17) is 4.74 Å². The zero-order valence-corrected chi connectivity index (χ0v) is 21.5. The Morgan fingerprint density at radius 1 is 1.13 bits per heavy atom. The van der Waals surface area contributed by atoms with Crippen molar-refractivity contribution in [3.63, 3.8) is 0 Å². The number of nitrogens with zero attached hydrogens (tertiary/aromatic N) is 1. The zero-order valence-electron chi connectivity index (χ0n) is 17.6. The number of hydrogen-bond donors (Lipinski definition) is 3. The van der Waals surface area contributed by atoms with Crippen LogP contribution in [0.4, 0.5) is 0 Å². The first kappa shape index (κ1) is 26.8. The highest BCUT2D eigenvalue weighted by molar-refractivity contribution is 14.0. The van der Waals surface area contributed by atoms with Crippen molar-refractivity contribution in [2.24, 2.45) is 10.9 Å². The molecule has 0 aliphatic carbocycles. The molecule has 0 aliphatic heterocycles. The summed E-state index contributed by atoms with van der Waals surface area (Å²) in [5, 5.41) is 6.34. The van der Waals surface area contributed by atoms with Crippen molar-refractivity contribution in [1.82, 2.24) is 15.4 Å². The molecule has 0 bridgehead atoms. The Balaban J connectivity index is 0.00000450. The summed E-state index contributed by atoms with van der Waals surface area (Å²) in [5.41, 5.74) is 1.16. The Kier molecular flexibility index (Phi) is 12.5. The molecule has 0 saturated carbocycles. The van der Waals surface area contributed by atoms with Crippen LogP contribution in [0.15, 0.2) is 51.7 Å². The van der Waals surface area contributed by atoms with Crippen molar-refractivity contribution in [2.75, 3.05) is 33.3 Å². The lowest BCUT2D eigenvalue weighted by Crippen LogP contribution is -2.43. The molecular weight excluding hydrogens is 535 g/mol. The minimum absolute atomic E-state index is 0. The third kappa shape index (κ3) is 9.73. The van der Waals surface area contributed by atoms with Gasteiger partial charge >= 0.3 is 0 Å². The molecule has 1 unspecified atom stereocenters. The maximum absolute atomic E-state index is 12.2. The predicted octanol–water partition coefficient (Wildman–Crippen LogP) is 2.97. The molecule has 168 valence electrons. The van der Waals surface area contributed by atoms with Gasteiger partial charge in [0.25, 0.3) is 0 Å². The lowest BCUT2D eigenvalue weighted by Gasteiger charge is -2.16. The summed E-state index contributed by atoms with van der Waals surface area (Å²) in [6.07, 6.45) is 0. The number of rotatable bonds is 11. The van der Waals surface area contributed by atoms with Crippen molar-refractivity contribution < 1.29 is 13.2 Å². The first-order chi connectivity index (χ1) is 13.9. The third-order valence-electron chi connectivity index (χ3n) is 4.05. The standard InChI is InChI=1S/C20H30N4O3S2.HI/c1-16(14-27-15-18-7-5-4-6-8-18)13-23-20(21-3)22-11-12-24-29(25,26)19-10-9-17(2)28-19;/h4-10,16,24H,11-15H2,1-3H3,(H2,21,22,23);1H.